The lowest BCUT2D eigenvalue weighted by molar-refractivity contribution is 0.176. The number of rotatable bonds is 3. The van der Waals surface area contributed by atoms with Gasteiger partial charge in [0.2, 0.25) is 0 Å². The number of halogens is 2. The van der Waals surface area contributed by atoms with Crippen LogP contribution in [0.25, 0.3) is 5.65 Å². The third-order valence-corrected chi connectivity index (χ3v) is 5.62. The van der Waals surface area contributed by atoms with Gasteiger partial charge in [-0.2, -0.15) is 5.10 Å². The lowest BCUT2D eigenvalue weighted by Gasteiger charge is -2.26. The fourth-order valence-corrected chi connectivity index (χ4v) is 4.07. The number of amides is 2. The number of urea groups is 1. The first kappa shape index (κ1) is 17.4. The summed E-state index contributed by atoms with van der Waals surface area (Å²) in [5.74, 6) is -1.00. The molecule has 2 amide bonds. The molecule has 2 saturated heterocycles. The third kappa shape index (κ3) is 3.67. The van der Waals surface area contributed by atoms with Gasteiger partial charge in [-0.05, 0) is 43.5 Å². The molecule has 31 heavy (non-hydrogen) atoms. The predicted octanol–water partition coefficient (Wildman–Crippen LogP) is 2.95. The van der Waals surface area contributed by atoms with Crippen molar-refractivity contribution in [3.63, 3.8) is 0 Å². The van der Waals surface area contributed by atoms with Gasteiger partial charge in [0.15, 0.2) is 5.65 Å². The third-order valence-electron chi connectivity index (χ3n) is 5.62. The lowest BCUT2D eigenvalue weighted by atomic mass is 10.0. The van der Waals surface area contributed by atoms with Crippen molar-refractivity contribution >= 4 is 23.2 Å². The van der Waals surface area contributed by atoms with E-state index in [0.717, 1.165) is 18.2 Å². The zero-order valence-electron chi connectivity index (χ0n) is 18.5. The molecule has 10 heteroatoms. The highest BCUT2D eigenvalue weighted by Crippen LogP contribution is 2.37. The van der Waals surface area contributed by atoms with Crippen molar-refractivity contribution in [2.75, 3.05) is 29.8 Å². The molecule has 0 bridgehead atoms. The summed E-state index contributed by atoms with van der Waals surface area (Å²) in [6.45, 7) is -1.18. The highest BCUT2D eigenvalue weighted by Gasteiger charge is 2.30. The van der Waals surface area contributed by atoms with Crippen LogP contribution in [0.5, 0.6) is 0 Å². The number of hydrogen-bond donors (Lipinski definition) is 2. The first-order valence-corrected chi connectivity index (χ1v) is 10.1. The maximum absolute atomic E-state index is 14.5. The van der Waals surface area contributed by atoms with Crippen LogP contribution in [0.4, 0.5) is 25.1 Å². The number of carbonyl (C=O) groups excluding carboxylic acids is 1. The maximum Gasteiger partial charge on any atom is 0.322 e. The number of hydrogen-bond acceptors (Lipinski definition) is 5. The number of fused-ring (bicyclic) bond motifs is 1. The van der Waals surface area contributed by atoms with Gasteiger partial charge in [0.05, 0.1) is 18.3 Å². The van der Waals surface area contributed by atoms with Crippen LogP contribution in [0, 0.1) is 11.6 Å². The number of aromatic nitrogens is 3. The Bertz CT molecular complexity index is 1220. The molecule has 0 aliphatic carbocycles. The Balaban J connectivity index is 1.50. The summed E-state index contributed by atoms with van der Waals surface area (Å²) in [5.41, 5.74) is 0.658. The smallest absolute Gasteiger partial charge is 0.322 e. The van der Waals surface area contributed by atoms with Gasteiger partial charge in [0, 0.05) is 34.1 Å². The number of carbonyl (C=O) groups is 1. The molecule has 2 unspecified atom stereocenters. The maximum atomic E-state index is 14.5. The number of likely N-dealkylation sites (tertiary alicyclic amines) is 1. The Labute approximate surface area is 179 Å². The Morgan fingerprint density at radius 3 is 2.97 bits per heavy atom. The summed E-state index contributed by atoms with van der Waals surface area (Å²) in [6, 6.07) is 3.55. The molecule has 2 aliphatic rings. The number of nitrogens with one attached hydrogen (secondary N) is 1. The molecular weight excluding hydrogens is 406 g/mol. The Morgan fingerprint density at radius 1 is 1.29 bits per heavy atom. The number of nitrogens with zero attached hydrogens (tertiary/aromatic N) is 5. The van der Waals surface area contributed by atoms with Crippen molar-refractivity contribution < 1.29 is 21.4 Å². The largest absolute Gasteiger partial charge is 0.391 e. The van der Waals surface area contributed by atoms with E-state index < -0.39 is 36.3 Å². The van der Waals surface area contributed by atoms with Crippen molar-refractivity contribution in [1.29, 1.82) is 0 Å². The summed E-state index contributed by atoms with van der Waals surface area (Å²) >= 11 is 0. The van der Waals surface area contributed by atoms with Crippen molar-refractivity contribution in [3.8, 4) is 0 Å². The van der Waals surface area contributed by atoms with E-state index in [1.54, 1.807) is 12.3 Å². The summed E-state index contributed by atoms with van der Waals surface area (Å²) in [7, 11) is 0. The number of aliphatic hydroxyl groups excluding tert-OH is 1. The van der Waals surface area contributed by atoms with Gasteiger partial charge in [-0.3, -0.25) is 0 Å². The summed E-state index contributed by atoms with van der Waals surface area (Å²) in [5, 5.41) is 16.6. The van der Waals surface area contributed by atoms with E-state index in [4.69, 9.17) is 2.74 Å². The van der Waals surface area contributed by atoms with Gasteiger partial charge in [-0.15, -0.1) is 0 Å². The topological polar surface area (TPSA) is 86.0 Å². The van der Waals surface area contributed by atoms with Gasteiger partial charge in [-0.25, -0.2) is 23.1 Å². The number of anilines is 2. The average molecular weight is 430 g/mol. The molecule has 5 rings (SSSR count). The number of aliphatic hydroxyl groups is 1. The summed E-state index contributed by atoms with van der Waals surface area (Å²) in [6.07, 6.45) is 3.34. The molecule has 1 aromatic carbocycles. The summed E-state index contributed by atoms with van der Waals surface area (Å²) < 4.78 is 46.7. The first-order chi connectivity index (χ1) is 15.7. The van der Waals surface area contributed by atoms with Gasteiger partial charge in [-0.1, -0.05) is 0 Å². The molecule has 2 fully saturated rings. The molecule has 0 saturated carbocycles. The van der Waals surface area contributed by atoms with E-state index in [1.807, 2.05) is 0 Å². The Hall–Kier alpha value is -3.27. The number of benzene rings is 1. The van der Waals surface area contributed by atoms with Crippen LogP contribution in [0.3, 0.4) is 0 Å². The fraction of sp³-hybridized carbons (Fsp3) is 0.381. The van der Waals surface area contributed by atoms with Crippen LogP contribution in [0.2, 0.25) is 0 Å². The molecule has 4 heterocycles. The monoisotopic (exact) mass is 430 g/mol. The molecule has 0 radical (unpaired) electrons. The lowest BCUT2D eigenvalue weighted by Crippen LogP contribution is -2.33. The van der Waals surface area contributed by atoms with E-state index in [0.29, 0.717) is 18.7 Å². The molecule has 2 atom stereocenters. The molecule has 8 nitrogen and oxygen atoms in total. The zero-order chi connectivity index (χ0) is 23.3. The minimum absolute atomic E-state index is 0.0627. The molecule has 0 spiro atoms. The first-order valence-electron chi connectivity index (χ1n) is 11.1. The Morgan fingerprint density at radius 2 is 2.16 bits per heavy atom. The highest BCUT2D eigenvalue weighted by atomic mass is 19.1. The van der Waals surface area contributed by atoms with Gasteiger partial charge < -0.3 is 20.2 Å². The van der Waals surface area contributed by atoms with Crippen molar-refractivity contribution in [2.24, 2.45) is 0 Å². The van der Waals surface area contributed by atoms with Crippen molar-refractivity contribution in [1.82, 2.24) is 19.5 Å². The van der Waals surface area contributed by atoms with Crippen LogP contribution in [-0.4, -0.2) is 56.3 Å². The quantitative estimate of drug-likeness (QED) is 0.667. The molecule has 162 valence electrons. The van der Waals surface area contributed by atoms with E-state index >= 15 is 0 Å². The van der Waals surface area contributed by atoms with Crippen LogP contribution in [0.15, 0.2) is 36.7 Å². The second kappa shape index (κ2) is 7.77. The fourth-order valence-electron chi connectivity index (χ4n) is 4.07. The SMILES string of the molecule is [2H]C1([2H])CCC(c2cc(F)ccc2F)N1c1ccn2ncc(NC(=O)N3CCC(O)C3)c2n1. The van der Waals surface area contributed by atoms with Crippen LogP contribution >= 0.6 is 0 Å². The minimum atomic E-state index is -1.84. The van der Waals surface area contributed by atoms with E-state index in [-0.39, 0.29) is 36.4 Å². The van der Waals surface area contributed by atoms with Crippen molar-refractivity contribution in [2.45, 2.75) is 31.4 Å². The molecular formula is C21H22F2N6O2. The second-order valence-corrected chi connectivity index (χ2v) is 7.68. The molecule has 3 aromatic rings. The van der Waals surface area contributed by atoms with E-state index in [1.165, 1.54) is 20.5 Å². The van der Waals surface area contributed by atoms with Gasteiger partial charge in [0.25, 0.3) is 0 Å². The molecule has 2 aromatic heterocycles. The Kier molecular flexibility index (Phi) is 4.36. The van der Waals surface area contributed by atoms with Crippen LogP contribution in [-0.2, 0) is 0 Å². The van der Waals surface area contributed by atoms with Crippen LogP contribution < -0.4 is 10.2 Å². The zero-order valence-corrected chi connectivity index (χ0v) is 16.5. The van der Waals surface area contributed by atoms with E-state index in [9.17, 15) is 18.7 Å². The van der Waals surface area contributed by atoms with Gasteiger partial charge in [0.1, 0.15) is 23.1 Å². The second-order valence-electron chi connectivity index (χ2n) is 7.68. The predicted molar refractivity (Wildman–Crippen MR) is 110 cm³/mol. The van der Waals surface area contributed by atoms with Gasteiger partial charge >= 0.3 is 6.03 Å². The molecule has 2 N–H and O–H groups in total. The van der Waals surface area contributed by atoms with Crippen LogP contribution in [0.1, 0.15) is 33.6 Å². The minimum Gasteiger partial charge on any atom is -0.391 e. The standard InChI is InChI=1S/C21H22F2N6O2/c22-13-3-4-16(23)15(10-13)18-2-1-7-28(18)19-6-9-29-20(26-19)17(11-24-29)25-21(31)27-8-5-14(30)12-27/h3-4,6,9-11,14,18,30H,1-2,5,7-8,12H2,(H,25,31)/i7D2. The average Bonchev–Trinajstić information content (AvgIpc) is 3.46. The van der Waals surface area contributed by atoms with E-state index in [2.05, 4.69) is 15.4 Å². The number of β-amino-alcohol motifs (C(OH)–C–C–N with tert-alkyl or cyclic N) is 1. The van der Waals surface area contributed by atoms with Crippen molar-refractivity contribution in [3.05, 3.63) is 53.9 Å². The molecule has 2 aliphatic heterocycles. The normalized spacial score (nSPS) is 23.8. The summed E-state index contributed by atoms with van der Waals surface area (Å²) in [4.78, 5) is 19.9. The highest BCUT2D eigenvalue weighted by molar-refractivity contribution is 5.93.